The number of aromatic nitrogens is 4. The number of nitro groups is 1. The molecule has 7 nitrogen and oxygen atoms in total. The van der Waals surface area contributed by atoms with E-state index in [1.165, 1.54) is 12.1 Å². The van der Waals surface area contributed by atoms with E-state index in [9.17, 15) is 10.1 Å². The van der Waals surface area contributed by atoms with Crippen molar-refractivity contribution in [3.63, 3.8) is 0 Å². The summed E-state index contributed by atoms with van der Waals surface area (Å²) in [6.45, 7) is 2.70. The highest BCUT2D eigenvalue weighted by atomic mass is 16.6. The molecule has 0 unspecified atom stereocenters. The summed E-state index contributed by atoms with van der Waals surface area (Å²) in [5.41, 5.74) is 1.96. The fraction of sp³-hybridized carbons (Fsp3) is 0.278. The van der Waals surface area contributed by atoms with Crippen molar-refractivity contribution in [2.75, 3.05) is 0 Å². The molecule has 0 amide bonds. The van der Waals surface area contributed by atoms with Crippen LogP contribution in [0.4, 0.5) is 5.69 Å². The number of nitro benzene ring substituents is 1. The second kappa shape index (κ2) is 7.65. The number of rotatable bonds is 7. The van der Waals surface area contributed by atoms with Crippen LogP contribution in [0.15, 0.2) is 48.8 Å². The van der Waals surface area contributed by atoms with E-state index in [4.69, 9.17) is 0 Å². The fourth-order valence-corrected chi connectivity index (χ4v) is 2.64. The Labute approximate surface area is 145 Å². The number of non-ortho nitro benzene ring substituents is 1. The number of nitrogens with zero attached hydrogens (tertiary/aromatic N) is 5. The Morgan fingerprint density at radius 1 is 1.16 bits per heavy atom. The standard InChI is InChI=1S/C18H19N5O2/c1-2-3-6-17-20-21-18(15-5-4-11-19-12-15)22(17)13-14-7-9-16(10-8-14)23(24)25/h4-5,7-12H,2-3,6,13H2,1H3. The number of pyridine rings is 1. The van der Waals surface area contributed by atoms with Gasteiger partial charge in [-0.15, -0.1) is 10.2 Å². The quantitative estimate of drug-likeness (QED) is 0.485. The number of hydrogen-bond acceptors (Lipinski definition) is 5. The second-order valence-electron chi connectivity index (χ2n) is 5.79. The summed E-state index contributed by atoms with van der Waals surface area (Å²) in [5, 5.41) is 19.5. The molecule has 0 saturated heterocycles. The number of aryl methyl sites for hydroxylation is 1. The maximum absolute atomic E-state index is 10.8. The maximum atomic E-state index is 10.8. The maximum Gasteiger partial charge on any atom is 0.269 e. The van der Waals surface area contributed by atoms with Gasteiger partial charge >= 0.3 is 0 Å². The lowest BCUT2D eigenvalue weighted by Gasteiger charge is -2.10. The lowest BCUT2D eigenvalue weighted by molar-refractivity contribution is -0.384. The highest BCUT2D eigenvalue weighted by molar-refractivity contribution is 5.53. The third-order valence-corrected chi connectivity index (χ3v) is 3.99. The van der Waals surface area contributed by atoms with Crippen LogP contribution in [-0.4, -0.2) is 24.7 Å². The van der Waals surface area contributed by atoms with Crippen LogP contribution >= 0.6 is 0 Å². The van der Waals surface area contributed by atoms with Gasteiger partial charge in [0.15, 0.2) is 5.82 Å². The summed E-state index contributed by atoms with van der Waals surface area (Å²) in [7, 11) is 0. The first-order valence-corrected chi connectivity index (χ1v) is 8.25. The number of unbranched alkanes of at least 4 members (excludes halogenated alkanes) is 1. The Morgan fingerprint density at radius 2 is 1.96 bits per heavy atom. The first-order chi connectivity index (χ1) is 12.2. The molecule has 0 bridgehead atoms. The normalized spacial score (nSPS) is 10.8. The summed E-state index contributed by atoms with van der Waals surface area (Å²) in [6, 6.07) is 10.4. The van der Waals surface area contributed by atoms with Crippen molar-refractivity contribution in [1.82, 2.24) is 19.7 Å². The Bertz CT molecular complexity index is 844. The van der Waals surface area contributed by atoms with Gasteiger partial charge in [0.25, 0.3) is 5.69 Å². The van der Waals surface area contributed by atoms with Crippen LogP contribution in [0.1, 0.15) is 31.2 Å². The van der Waals surface area contributed by atoms with Gasteiger partial charge in [-0.1, -0.05) is 25.5 Å². The summed E-state index contributed by atoms with van der Waals surface area (Å²) in [4.78, 5) is 14.6. The number of hydrogen-bond donors (Lipinski definition) is 0. The van der Waals surface area contributed by atoms with Gasteiger partial charge in [-0.3, -0.25) is 15.1 Å². The summed E-state index contributed by atoms with van der Waals surface area (Å²) >= 11 is 0. The molecule has 0 fully saturated rings. The lowest BCUT2D eigenvalue weighted by atomic mass is 10.2. The number of benzene rings is 1. The predicted octanol–water partition coefficient (Wildman–Crippen LogP) is 3.64. The van der Waals surface area contributed by atoms with E-state index >= 15 is 0 Å². The first-order valence-electron chi connectivity index (χ1n) is 8.25. The SMILES string of the molecule is CCCCc1nnc(-c2cccnc2)n1Cc1ccc([N+](=O)[O-])cc1. The highest BCUT2D eigenvalue weighted by Crippen LogP contribution is 2.21. The third-order valence-electron chi connectivity index (χ3n) is 3.99. The molecule has 0 aliphatic rings. The van der Waals surface area contributed by atoms with Crippen molar-refractivity contribution in [3.05, 3.63) is 70.3 Å². The zero-order valence-corrected chi connectivity index (χ0v) is 14.0. The minimum absolute atomic E-state index is 0.0891. The molecule has 1 aromatic carbocycles. The van der Waals surface area contributed by atoms with E-state index in [0.29, 0.717) is 6.54 Å². The highest BCUT2D eigenvalue weighted by Gasteiger charge is 2.14. The smallest absolute Gasteiger partial charge is 0.269 e. The third kappa shape index (κ3) is 3.88. The van der Waals surface area contributed by atoms with Gasteiger partial charge in [-0.05, 0) is 24.1 Å². The summed E-state index contributed by atoms with van der Waals surface area (Å²) < 4.78 is 2.06. The van der Waals surface area contributed by atoms with E-state index in [1.54, 1.807) is 24.5 Å². The fourth-order valence-electron chi connectivity index (χ4n) is 2.64. The molecule has 0 saturated carbocycles. The molecule has 0 aliphatic carbocycles. The minimum Gasteiger partial charge on any atom is -0.306 e. The van der Waals surface area contributed by atoms with Gasteiger partial charge in [0.2, 0.25) is 0 Å². The molecule has 2 aromatic heterocycles. The average molecular weight is 337 g/mol. The molecule has 0 aliphatic heterocycles. The molecule has 0 atom stereocenters. The zero-order chi connectivity index (χ0) is 17.6. The van der Waals surface area contributed by atoms with Crippen LogP contribution < -0.4 is 0 Å². The predicted molar refractivity (Wildman–Crippen MR) is 94.1 cm³/mol. The molecule has 3 rings (SSSR count). The summed E-state index contributed by atoms with van der Waals surface area (Å²) in [6.07, 6.45) is 6.44. The van der Waals surface area contributed by atoms with E-state index in [-0.39, 0.29) is 5.69 Å². The molecule has 128 valence electrons. The van der Waals surface area contributed by atoms with E-state index in [1.807, 2.05) is 12.1 Å². The van der Waals surface area contributed by atoms with Gasteiger partial charge in [-0.25, -0.2) is 0 Å². The Kier molecular flexibility index (Phi) is 5.13. The Balaban J connectivity index is 1.94. The van der Waals surface area contributed by atoms with E-state index in [0.717, 1.165) is 42.0 Å². The second-order valence-corrected chi connectivity index (χ2v) is 5.79. The van der Waals surface area contributed by atoms with Crippen LogP contribution in [0, 0.1) is 10.1 Å². The van der Waals surface area contributed by atoms with Gasteiger partial charge in [0, 0.05) is 36.5 Å². The molecule has 0 N–H and O–H groups in total. The summed E-state index contributed by atoms with van der Waals surface area (Å²) in [5.74, 6) is 1.68. The Morgan fingerprint density at radius 3 is 2.60 bits per heavy atom. The van der Waals surface area contributed by atoms with Crippen LogP contribution in [-0.2, 0) is 13.0 Å². The van der Waals surface area contributed by atoms with Crippen LogP contribution in [0.2, 0.25) is 0 Å². The van der Waals surface area contributed by atoms with Crippen LogP contribution in [0.3, 0.4) is 0 Å². The lowest BCUT2D eigenvalue weighted by Crippen LogP contribution is -2.07. The van der Waals surface area contributed by atoms with Gasteiger partial charge in [0.05, 0.1) is 11.5 Å². The largest absolute Gasteiger partial charge is 0.306 e. The van der Waals surface area contributed by atoms with E-state index < -0.39 is 4.92 Å². The van der Waals surface area contributed by atoms with Crippen molar-refractivity contribution in [2.45, 2.75) is 32.7 Å². The molecular formula is C18H19N5O2. The average Bonchev–Trinajstić information content (AvgIpc) is 3.03. The molecular weight excluding hydrogens is 318 g/mol. The van der Waals surface area contributed by atoms with Crippen molar-refractivity contribution < 1.29 is 4.92 Å². The molecule has 2 heterocycles. The van der Waals surface area contributed by atoms with Crippen molar-refractivity contribution in [2.24, 2.45) is 0 Å². The first kappa shape index (κ1) is 16.8. The Hall–Kier alpha value is -3.09. The molecule has 3 aromatic rings. The van der Waals surface area contributed by atoms with Gasteiger partial charge < -0.3 is 4.57 Å². The van der Waals surface area contributed by atoms with Gasteiger partial charge in [0.1, 0.15) is 5.82 Å². The van der Waals surface area contributed by atoms with Crippen LogP contribution in [0.25, 0.3) is 11.4 Å². The minimum atomic E-state index is -0.393. The topological polar surface area (TPSA) is 86.7 Å². The molecule has 7 heteroatoms. The van der Waals surface area contributed by atoms with Crippen LogP contribution in [0.5, 0.6) is 0 Å². The van der Waals surface area contributed by atoms with E-state index in [2.05, 4.69) is 26.7 Å². The van der Waals surface area contributed by atoms with Gasteiger partial charge in [-0.2, -0.15) is 0 Å². The van der Waals surface area contributed by atoms with Crippen molar-refractivity contribution in [3.8, 4) is 11.4 Å². The molecule has 0 radical (unpaired) electrons. The zero-order valence-electron chi connectivity index (χ0n) is 14.0. The van der Waals surface area contributed by atoms with Crippen molar-refractivity contribution in [1.29, 1.82) is 0 Å². The van der Waals surface area contributed by atoms with Crippen molar-refractivity contribution >= 4 is 5.69 Å². The molecule has 25 heavy (non-hydrogen) atoms. The monoisotopic (exact) mass is 337 g/mol. The molecule has 0 spiro atoms.